The quantitative estimate of drug-likeness (QED) is 0.847. The minimum Gasteiger partial charge on any atom is -0.493 e. The van der Waals surface area contributed by atoms with Gasteiger partial charge in [0, 0.05) is 16.3 Å². The lowest BCUT2D eigenvalue weighted by Crippen LogP contribution is -2.21. The number of carboxylic acid groups (broad SMARTS) is 1. The number of para-hydroxylation sites is 1. The highest BCUT2D eigenvalue weighted by molar-refractivity contribution is 6.30. The fourth-order valence-corrected chi connectivity index (χ4v) is 2.21. The summed E-state index contributed by atoms with van der Waals surface area (Å²) in [6.07, 6.45) is 0. The van der Waals surface area contributed by atoms with Crippen LogP contribution in [0.3, 0.4) is 0 Å². The second kappa shape index (κ2) is 6.99. The van der Waals surface area contributed by atoms with Gasteiger partial charge in [-0.3, -0.25) is 0 Å². The molecule has 0 saturated heterocycles. The highest BCUT2D eigenvalue weighted by Crippen LogP contribution is 2.29. The lowest BCUT2D eigenvalue weighted by atomic mass is 10.1. The van der Waals surface area contributed by atoms with Gasteiger partial charge in [0.05, 0.1) is 6.61 Å². The van der Waals surface area contributed by atoms with E-state index in [1.807, 2.05) is 13.0 Å². The Balaban J connectivity index is 2.33. The molecule has 0 aromatic heterocycles. The summed E-state index contributed by atoms with van der Waals surface area (Å²) in [4.78, 5) is 11.6. The van der Waals surface area contributed by atoms with Crippen molar-refractivity contribution in [3.8, 4) is 5.75 Å². The molecule has 0 saturated carbocycles. The molecular formula is C16H16ClNO3. The summed E-state index contributed by atoms with van der Waals surface area (Å²) in [5.41, 5.74) is 1.22. The number of hydrogen-bond acceptors (Lipinski definition) is 3. The fraction of sp³-hybridized carbons (Fsp3) is 0.188. The number of carboxylic acids is 1. The Morgan fingerprint density at radius 3 is 2.71 bits per heavy atom. The Labute approximate surface area is 128 Å². The number of ether oxygens (including phenoxy) is 1. The lowest BCUT2D eigenvalue weighted by Gasteiger charge is -2.19. The van der Waals surface area contributed by atoms with Crippen molar-refractivity contribution in [1.29, 1.82) is 0 Å². The van der Waals surface area contributed by atoms with Gasteiger partial charge in [-0.1, -0.05) is 35.9 Å². The number of hydrogen-bond donors (Lipinski definition) is 2. The zero-order valence-electron chi connectivity index (χ0n) is 11.5. The van der Waals surface area contributed by atoms with Crippen molar-refractivity contribution >= 4 is 23.3 Å². The molecule has 21 heavy (non-hydrogen) atoms. The van der Waals surface area contributed by atoms with E-state index in [0.29, 0.717) is 28.6 Å². The van der Waals surface area contributed by atoms with E-state index in [9.17, 15) is 9.90 Å². The minimum absolute atomic E-state index is 0.473. The van der Waals surface area contributed by atoms with Crippen molar-refractivity contribution in [2.45, 2.75) is 13.0 Å². The normalized spacial score (nSPS) is 11.7. The van der Waals surface area contributed by atoms with E-state index >= 15 is 0 Å². The molecule has 0 aliphatic heterocycles. The van der Waals surface area contributed by atoms with Gasteiger partial charge in [-0.2, -0.15) is 0 Å². The molecule has 2 aromatic rings. The second-order valence-corrected chi connectivity index (χ2v) is 4.83. The summed E-state index contributed by atoms with van der Waals surface area (Å²) in [5.74, 6) is -0.427. The molecule has 0 radical (unpaired) electrons. The number of anilines is 1. The number of carbonyl (C=O) groups is 1. The van der Waals surface area contributed by atoms with E-state index in [1.54, 1.807) is 42.5 Å². The summed E-state index contributed by atoms with van der Waals surface area (Å²) >= 11 is 5.92. The van der Waals surface area contributed by atoms with Gasteiger partial charge in [0.15, 0.2) is 6.04 Å². The second-order valence-electron chi connectivity index (χ2n) is 4.40. The Hall–Kier alpha value is -2.20. The maximum absolute atomic E-state index is 11.6. The first kappa shape index (κ1) is 15.2. The predicted molar refractivity (Wildman–Crippen MR) is 83.1 cm³/mol. The number of rotatable bonds is 6. The van der Waals surface area contributed by atoms with Crippen LogP contribution in [-0.4, -0.2) is 17.7 Å². The van der Waals surface area contributed by atoms with Crippen molar-refractivity contribution in [3.63, 3.8) is 0 Å². The Kier molecular flexibility index (Phi) is 5.06. The highest BCUT2D eigenvalue weighted by Gasteiger charge is 2.23. The molecule has 2 aromatic carbocycles. The molecule has 0 spiro atoms. The van der Waals surface area contributed by atoms with Crippen LogP contribution in [0, 0.1) is 0 Å². The minimum atomic E-state index is -0.984. The Morgan fingerprint density at radius 1 is 1.29 bits per heavy atom. The van der Waals surface area contributed by atoms with Gasteiger partial charge in [-0.15, -0.1) is 0 Å². The average molecular weight is 306 g/mol. The number of aliphatic carboxylic acids is 1. The predicted octanol–water partition coefficient (Wildman–Crippen LogP) is 3.98. The van der Waals surface area contributed by atoms with Crippen LogP contribution < -0.4 is 10.1 Å². The largest absolute Gasteiger partial charge is 0.493 e. The fourth-order valence-electron chi connectivity index (χ4n) is 2.02. The third-order valence-electron chi connectivity index (χ3n) is 2.91. The van der Waals surface area contributed by atoms with E-state index in [2.05, 4.69) is 5.32 Å². The highest BCUT2D eigenvalue weighted by atomic mass is 35.5. The Morgan fingerprint density at radius 2 is 2.05 bits per heavy atom. The van der Waals surface area contributed by atoms with E-state index < -0.39 is 12.0 Å². The van der Waals surface area contributed by atoms with Gasteiger partial charge in [0.25, 0.3) is 0 Å². The maximum Gasteiger partial charge on any atom is 0.330 e. The number of halogens is 1. The standard InChI is InChI=1S/C16H16ClNO3/c1-2-21-14-9-4-3-8-13(14)15(16(19)20)18-12-7-5-6-11(17)10-12/h3-10,15,18H,2H2,1H3,(H,19,20). The van der Waals surface area contributed by atoms with Crippen molar-refractivity contribution in [2.24, 2.45) is 0 Å². The monoisotopic (exact) mass is 305 g/mol. The first-order valence-electron chi connectivity index (χ1n) is 6.58. The van der Waals surface area contributed by atoms with Crippen LogP contribution in [0.2, 0.25) is 5.02 Å². The summed E-state index contributed by atoms with van der Waals surface area (Å²) in [5, 5.41) is 13.0. The number of benzene rings is 2. The van der Waals surface area contributed by atoms with Crippen LogP contribution in [0.4, 0.5) is 5.69 Å². The molecule has 0 bridgehead atoms. The zero-order valence-corrected chi connectivity index (χ0v) is 12.3. The first-order chi connectivity index (χ1) is 10.1. The van der Waals surface area contributed by atoms with Crippen LogP contribution in [-0.2, 0) is 4.79 Å². The van der Waals surface area contributed by atoms with Gasteiger partial charge in [-0.05, 0) is 31.2 Å². The summed E-state index contributed by atoms with van der Waals surface area (Å²) in [7, 11) is 0. The van der Waals surface area contributed by atoms with Crippen LogP contribution in [0.1, 0.15) is 18.5 Å². The molecule has 4 nitrogen and oxygen atoms in total. The molecule has 0 fully saturated rings. The van der Waals surface area contributed by atoms with Gasteiger partial charge < -0.3 is 15.2 Å². The van der Waals surface area contributed by atoms with Gasteiger partial charge in [0.2, 0.25) is 0 Å². The average Bonchev–Trinajstić information content (AvgIpc) is 2.46. The molecule has 0 heterocycles. The molecule has 0 aliphatic rings. The van der Waals surface area contributed by atoms with Crippen molar-refractivity contribution in [2.75, 3.05) is 11.9 Å². The van der Waals surface area contributed by atoms with Crippen molar-refractivity contribution in [3.05, 3.63) is 59.1 Å². The zero-order chi connectivity index (χ0) is 15.2. The van der Waals surface area contributed by atoms with E-state index in [0.717, 1.165) is 0 Å². The van der Waals surface area contributed by atoms with E-state index in [1.165, 1.54) is 0 Å². The molecule has 2 N–H and O–H groups in total. The van der Waals surface area contributed by atoms with Gasteiger partial charge in [-0.25, -0.2) is 4.79 Å². The Bertz CT molecular complexity index is 630. The van der Waals surface area contributed by atoms with Gasteiger partial charge >= 0.3 is 5.97 Å². The third kappa shape index (κ3) is 3.89. The maximum atomic E-state index is 11.6. The molecule has 0 amide bonds. The molecule has 1 unspecified atom stereocenters. The van der Waals surface area contributed by atoms with Crippen molar-refractivity contribution in [1.82, 2.24) is 0 Å². The summed E-state index contributed by atoms with van der Waals surface area (Å²) < 4.78 is 5.50. The molecule has 0 aliphatic carbocycles. The van der Waals surface area contributed by atoms with E-state index in [-0.39, 0.29) is 0 Å². The molecule has 110 valence electrons. The van der Waals surface area contributed by atoms with Crippen LogP contribution in [0.25, 0.3) is 0 Å². The summed E-state index contributed by atoms with van der Waals surface area (Å²) in [6.45, 7) is 2.33. The lowest BCUT2D eigenvalue weighted by molar-refractivity contribution is -0.138. The molecule has 2 rings (SSSR count). The third-order valence-corrected chi connectivity index (χ3v) is 3.15. The van der Waals surface area contributed by atoms with Crippen LogP contribution in [0.5, 0.6) is 5.75 Å². The number of nitrogens with one attached hydrogen (secondary N) is 1. The molecule has 1 atom stereocenters. The molecular weight excluding hydrogens is 290 g/mol. The SMILES string of the molecule is CCOc1ccccc1C(Nc1cccc(Cl)c1)C(=O)O. The smallest absolute Gasteiger partial charge is 0.330 e. The topological polar surface area (TPSA) is 58.6 Å². The summed E-state index contributed by atoms with van der Waals surface area (Å²) in [6, 6.07) is 13.1. The van der Waals surface area contributed by atoms with Gasteiger partial charge in [0.1, 0.15) is 5.75 Å². The van der Waals surface area contributed by atoms with Crippen LogP contribution >= 0.6 is 11.6 Å². The van der Waals surface area contributed by atoms with Crippen LogP contribution in [0.15, 0.2) is 48.5 Å². The van der Waals surface area contributed by atoms with E-state index in [4.69, 9.17) is 16.3 Å². The first-order valence-corrected chi connectivity index (χ1v) is 6.96. The molecule has 5 heteroatoms. The van der Waals surface area contributed by atoms with Crippen molar-refractivity contribution < 1.29 is 14.6 Å².